The third-order valence-electron chi connectivity index (χ3n) is 8.96. The van der Waals surface area contributed by atoms with Gasteiger partial charge in [0.05, 0.1) is 0 Å². The zero-order valence-corrected chi connectivity index (χ0v) is 37.2. The van der Waals surface area contributed by atoms with Gasteiger partial charge in [-0.2, -0.15) is 52.7 Å². The van der Waals surface area contributed by atoms with Gasteiger partial charge in [0.1, 0.15) is 0 Å². The average Bonchev–Trinajstić information content (AvgIpc) is 3.41. The van der Waals surface area contributed by atoms with E-state index in [0.29, 0.717) is 0 Å². The molecule has 0 N–H and O–H groups in total. The number of nitrogens with zero attached hydrogens (tertiary/aromatic N) is 3. The summed E-state index contributed by atoms with van der Waals surface area (Å²) in [6.07, 6.45) is 0. The molecule has 0 atom stereocenters. The van der Waals surface area contributed by atoms with Gasteiger partial charge in [0.2, 0.25) is 209 Å². The molecule has 6 aromatic carbocycles. The fourth-order valence-electron chi connectivity index (χ4n) is 5.46. The van der Waals surface area contributed by atoms with Gasteiger partial charge in [-0.15, -0.1) is 0 Å². The summed E-state index contributed by atoms with van der Waals surface area (Å²) >= 11 is 0. The third kappa shape index (κ3) is 9.23. The number of rotatable bonds is 12. The minimum atomic E-state index is -8.24. The molecule has 9 nitrogen and oxygen atoms in total. The Morgan fingerprint density at radius 3 is 0.308 bits per heavy atom. The third-order valence-corrected chi connectivity index (χ3v) is 16.9. The summed E-state index contributed by atoms with van der Waals surface area (Å²) < 4.78 is 484. The Morgan fingerprint density at radius 1 is 0.141 bits per heavy atom. The Bertz CT molecular complexity index is 3040. The van der Waals surface area contributed by atoms with Crippen LogP contribution in [0.5, 0.6) is 34.5 Å². The largest absolute Gasteiger partial charge is 0.461 e. The van der Waals surface area contributed by atoms with E-state index in [4.69, 9.17) is 0 Å². The molecule has 0 saturated carbocycles. The molecule has 6 aromatic rings. The maximum Gasteiger partial charge on any atom is 0.461 e. The predicted octanol–water partition coefficient (Wildman–Crippen LogP) is 16.5. The first-order chi connectivity index (χ1) is 36.0. The van der Waals surface area contributed by atoms with Crippen LogP contribution in [0.15, 0.2) is 13.5 Å². The van der Waals surface area contributed by atoms with Crippen molar-refractivity contribution >= 4 is 23.0 Å². The fourth-order valence-corrected chi connectivity index (χ4v) is 14.5. The molecule has 78 heavy (non-hydrogen) atoms. The highest BCUT2D eigenvalue weighted by molar-refractivity contribution is 7.79. The Hall–Kier alpha value is -7.29. The topological polar surface area (TPSA) is 92.5 Å². The van der Waals surface area contributed by atoms with Gasteiger partial charge in [0, 0.05) is 0 Å². The zero-order valence-electron chi connectivity index (χ0n) is 34.5. The summed E-state index contributed by atoms with van der Waals surface area (Å²) in [5.41, 5.74) is 0. The van der Waals surface area contributed by atoms with Gasteiger partial charge in [0.15, 0.2) is 0 Å². The molecule has 420 valence electrons. The Labute approximate surface area is 404 Å². The van der Waals surface area contributed by atoms with Crippen molar-refractivity contribution < 1.29 is 159 Å². The van der Waals surface area contributed by atoms with E-state index in [1.165, 1.54) is 0 Å². The molecule has 1 heterocycles. The van der Waals surface area contributed by atoms with Gasteiger partial charge in [-0.3, -0.25) is 0 Å². The Morgan fingerprint density at radius 2 is 0.218 bits per heavy atom. The van der Waals surface area contributed by atoms with Crippen LogP contribution in [-0.4, -0.2) is 0 Å². The van der Waals surface area contributed by atoms with Crippen molar-refractivity contribution in [2.75, 3.05) is 0 Å². The lowest BCUT2D eigenvalue weighted by Gasteiger charge is -2.33. The summed E-state index contributed by atoms with van der Waals surface area (Å²) in [5.74, 6) is -127. The molecule has 1 aliphatic heterocycles. The van der Waals surface area contributed by atoms with E-state index >= 15 is 52.7 Å². The van der Waals surface area contributed by atoms with Crippen molar-refractivity contribution in [2.24, 2.45) is 13.5 Å². The first kappa shape index (κ1) is 58.4. The van der Waals surface area contributed by atoms with Crippen LogP contribution in [0.1, 0.15) is 0 Å². The first-order valence-corrected chi connectivity index (χ1v) is 22.8. The number of halogens is 30. The molecule has 0 unspecified atom stereocenters. The molecule has 0 bridgehead atoms. The SMILES string of the molecule is Fc1c(F)c(F)c(OP2(Oc3c(F)c(F)c(F)c(F)c3F)=NP(Oc3c(F)c(F)c(F)c(F)c3F)(Oc3c(F)c(F)c(F)c(F)c3F)=NP(Oc3c(F)c(F)c(F)c(F)c3F)(Oc3c(F)c(F)c(F)c(F)c3F)=N2)c(F)c1F. The lowest BCUT2D eigenvalue weighted by atomic mass is 10.3. The second-order valence-corrected chi connectivity index (χ2v) is 19.9. The van der Waals surface area contributed by atoms with Crippen molar-refractivity contribution in [3.05, 3.63) is 175 Å². The van der Waals surface area contributed by atoms with Gasteiger partial charge in [0.25, 0.3) is 0 Å². The monoisotopic (exact) mass is 1230 g/mol. The van der Waals surface area contributed by atoms with Gasteiger partial charge in [-0.05, 0) is 0 Å². The van der Waals surface area contributed by atoms with Crippen molar-refractivity contribution in [3.8, 4) is 34.5 Å². The van der Waals surface area contributed by atoms with Gasteiger partial charge < -0.3 is 27.1 Å². The molecule has 0 fully saturated rings. The van der Waals surface area contributed by atoms with E-state index in [1.54, 1.807) is 0 Å². The fraction of sp³-hybridized carbons (Fsp3) is 0. The van der Waals surface area contributed by atoms with E-state index < -0.39 is 232 Å². The lowest BCUT2D eigenvalue weighted by molar-refractivity contribution is 0.319. The molecule has 0 aromatic heterocycles. The second kappa shape index (κ2) is 20.2. The normalized spacial score (nSPS) is 14.4. The van der Waals surface area contributed by atoms with E-state index in [1.807, 2.05) is 0 Å². The minimum Gasteiger partial charge on any atom is -0.407 e. The molecule has 0 radical (unpaired) electrons. The minimum absolute atomic E-state index is 2.54. The lowest BCUT2D eigenvalue weighted by Crippen LogP contribution is -2.17. The van der Waals surface area contributed by atoms with Crippen molar-refractivity contribution in [3.63, 3.8) is 0 Å². The van der Waals surface area contributed by atoms with Crippen LogP contribution in [0.4, 0.5) is 132 Å². The standard InChI is InChI=1S/C36F30N3O6P3/c37-1-7(43)19(55)31(20(56)8(1)44)70-76(71-32-21(57)9(45)2(38)10(46)22(32)58)67-77(72-33-23(59)11(47)3(39)12(48)24(33)60,73-34-25(61)13(49)4(40)14(50)26(34)62)69-78(68-76,74-35-27(63)15(51)5(41)16(52)28(35)64)75-36-29(65)17(53)6(42)18(54)30(36)66. The van der Waals surface area contributed by atoms with Crippen molar-refractivity contribution in [1.29, 1.82) is 0 Å². The van der Waals surface area contributed by atoms with Crippen LogP contribution in [0, 0.1) is 175 Å². The molecular weight excluding hydrogens is 1230 g/mol. The maximum atomic E-state index is 15.6. The van der Waals surface area contributed by atoms with Crippen LogP contribution in [0.3, 0.4) is 0 Å². The van der Waals surface area contributed by atoms with E-state index in [0.717, 1.165) is 0 Å². The van der Waals surface area contributed by atoms with E-state index in [9.17, 15) is 79.0 Å². The van der Waals surface area contributed by atoms with Crippen molar-refractivity contribution in [2.45, 2.75) is 0 Å². The molecule has 0 amide bonds. The van der Waals surface area contributed by atoms with Crippen molar-refractivity contribution in [1.82, 2.24) is 0 Å². The summed E-state index contributed by atoms with van der Waals surface area (Å²) in [6.45, 7) is 0. The maximum absolute atomic E-state index is 15.6. The van der Waals surface area contributed by atoms with Gasteiger partial charge in [-0.1, -0.05) is 13.5 Å². The van der Waals surface area contributed by atoms with Crippen LogP contribution in [0.25, 0.3) is 0 Å². The number of hydrogen-bond acceptors (Lipinski definition) is 9. The van der Waals surface area contributed by atoms with Gasteiger partial charge >= 0.3 is 23.0 Å². The predicted molar refractivity (Wildman–Crippen MR) is 189 cm³/mol. The number of hydrogen-bond donors (Lipinski definition) is 0. The quantitative estimate of drug-likeness (QED) is 0.0525. The summed E-state index contributed by atoms with van der Waals surface area (Å²) in [6, 6.07) is 0. The molecule has 42 heteroatoms. The molecule has 1 aliphatic rings. The molecule has 0 spiro atoms. The highest BCUT2D eigenvalue weighted by Gasteiger charge is 2.54. The smallest absolute Gasteiger partial charge is 0.407 e. The van der Waals surface area contributed by atoms with E-state index in [-0.39, 0.29) is 0 Å². The Balaban J connectivity index is 1.88. The average molecular weight is 1230 g/mol. The summed E-state index contributed by atoms with van der Waals surface area (Å²) in [4.78, 5) is 0. The van der Waals surface area contributed by atoms with Gasteiger partial charge in [-0.25, -0.2) is 79.0 Å². The zero-order chi connectivity index (χ0) is 58.6. The molecular formula is C36F30N3O6P3. The van der Waals surface area contributed by atoms with E-state index in [2.05, 4.69) is 40.7 Å². The molecule has 0 saturated heterocycles. The summed E-state index contributed by atoms with van der Waals surface area (Å²) in [7, 11) is -24.7. The van der Waals surface area contributed by atoms with Crippen LogP contribution in [-0.2, 0) is 0 Å². The van der Waals surface area contributed by atoms with Crippen LogP contribution in [0.2, 0.25) is 0 Å². The number of benzene rings is 6. The van der Waals surface area contributed by atoms with Crippen LogP contribution >= 0.6 is 23.0 Å². The second-order valence-electron chi connectivity index (χ2n) is 13.7. The highest BCUT2D eigenvalue weighted by Crippen LogP contribution is 2.79. The molecule has 0 aliphatic carbocycles. The van der Waals surface area contributed by atoms with Crippen LogP contribution < -0.4 is 27.1 Å². The first-order valence-electron chi connectivity index (χ1n) is 18.2. The molecule has 7 rings (SSSR count). The Kier molecular flexibility index (Phi) is 15.1. The summed E-state index contributed by atoms with van der Waals surface area (Å²) in [5, 5.41) is 0. The highest BCUT2D eigenvalue weighted by atomic mass is 31.3.